The Kier molecular flexibility index (Phi) is 4.21. The molecule has 6 nitrogen and oxygen atoms in total. The van der Waals surface area contributed by atoms with Crippen LogP contribution in [0.2, 0.25) is 5.02 Å². The second-order valence-electron chi connectivity index (χ2n) is 2.90. The van der Waals surface area contributed by atoms with E-state index in [0.29, 0.717) is 0 Å². The first kappa shape index (κ1) is 12.4. The minimum atomic E-state index is -1.36. The number of aliphatic carboxylic acids is 1. The number of carbonyl (C=O) groups is 2. The van der Waals surface area contributed by atoms with Crippen LogP contribution in [0.15, 0.2) is 18.5 Å². The van der Waals surface area contributed by atoms with E-state index in [1.807, 2.05) is 0 Å². The van der Waals surface area contributed by atoms with Gasteiger partial charge >= 0.3 is 5.97 Å². The number of hydrogen-bond acceptors (Lipinski definition) is 4. The van der Waals surface area contributed by atoms with E-state index >= 15 is 0 Å². The Balaban J connectivity index is 2.80. The lowest BCUT2D eigenvalue weighted by atomic mass is 10.2. The highest BCUT2D eigenvalue weighted by Gasteiger charge is 2.20. The molecule has 0 aromatic carbocycles. The molecule has 3 N–H and O–H groups in total. The predicted molar refractivity (Wildman–Crippen MR) is 55.2 cm³/mol. The molecule has 0 aliphatic carbocycles. The van der Waals surface area contributed by atoms with Crippen LogP contribution in [0.3, 0.4) is 0 Å². The number of halogens is 1. The summed E-state index contributed by atoms with van der Waals surface area (Å²) in [5, 5.41) is 19.6. The fourth-order valence-corrected chi connectivity index (χ4v) is 1.16. The number of amides is 1. The van der Waals surface area contributed by atoms with Crippen LogP contribution >= 0.6 is 11.6 Å². The number of pyridine rings is 1. The van der Waals surface area contributed by atoms with Crippen LogP contribution in [0.4, 0.5) is 0 Å². The molecule has 1 atom stereocenters. The summed E-state index contributed by atoms with van der Waals surface area (Å²) < 4.78 is 0. The molecule has 0 saturated carbocycles. The fourth-order valence-electron chi connectivity index (χ4n) is 0.966. The molecule has 0 spiro atoms. The molecule has 0 saturated heterocycles. The van der Waals surface area contributed by atoms with Gasteiger partial charge in [-0.1, -0.05) is 11.6 Å². The van der Waals surface area contributed by atoms with Gasteiger partial charge in [0.2, 0.25) is 0 Å². The summed E-state index contributed by atoms with van der Waals surface area (Å²) in [7, 11) is 0. The zero-order valence-electron chi connectivity index (χ0n) is 8.05. The van der Waals surface area contributed by atoms with Crippen molar-refractivity contribution in [1.29, 1.82) is 0 Å². The quantitative estimate of drug-likeness (QED) is 0.687. The smallest absolute Gasteiger partial charge is 0.328 e. The van der Waals surface area contributed by atoms with Crippen molar-refractivity contribution < 1.29 is 19.8 Å². The van der Waals surface area contributed by atoms with Crippen LogP contribution in [-0.2, 0) is 4.79 Å². The molecule has 0 radical (unpaired) electrons. The first-order valence-electron chi connectivity index (χ1n) is 4.30. The third-order valence-corrected chi connectivity index (χ3v) is 2.13. The molecule has 0 bridgehead atoms. The molecule has 0 unspecified atom stereocenters. The molecular weight excluding hydrogens is 236 g/mol. The Bertz CT molecular complexity index is 410. The van der Waals surface area contributed by atoms with E-state index in [2.05, 4.69) is 10.3 Å². The van der Waals surface area contributed by atoms with Crippen molar-refractivity contribution in [3.05, 3.63) is 29.0 Å². The number of aliphatic hydroxyl groups excluding tert-OH is 1. The molecule has 1 aromatic rings. The van der Waals surface area contributed by atoms with Gasteiger partial charge in [0.25, 0.3) is 5.91 Å². The lowest BCUT2D eigenvalue weighted by molar-refractivity contribution is -0.140. The molecule has 1 amide bonds. The summed E-state index contributed by atoms with van der Waals surface area (Å²) in [6.07, 6.45) is 2.62. The number of carbonyl (C=O) groups excluding carboxylic acids is 1. The average molecular weight is 245 g/mol. The van der Waals surface area contributed by atoms with E-state index < -0.39 is 24.5 Å². The number of rotatable bonds is 4. The zero-order valence-corrected chi connectivity index (χ0v) is 8.81. The highest BCUT2D eigenvalue weighted by molar-refractivity contribution is 6.33. The molecule has 0 aliphatic rings. The minimum absolute atomic E-state index is 0.0591. The molecule has 1 rings (SSSR count). The van der Waals surface area contributed by atoms with E-state index in [-0.39, 0.29) is 10.6 Å². The molecule has 1 heterocycles. The zero-order chi connectivity index (χ0) is 12.1. The Morgan fingerprint density at radius 1 is 1.56 bits per heavy atom. The number of aliphatic hydroxyl groups is 1. The van der Waals surface area contributed by atoms with Gasteiger partial charge in [-0.05, 0) is 6.07 Å². The summed E-state index contributed by atoms with van der Waals surface area (Å²) in [6, 6.07) is 0.0503. The fraction of sp³-hybridized carbons (Fsp3) is 0.222. The normalized spacial score (nSPS) is 11.9. The summed E-state index contributed by atoms with van der Waals surface area (Å²) >= 11 is 5.71. The number of carboxylic acid groups (broad SMARTS) is 1. The lowest BCUT2D eigenvalue weighted by Crippen LogP contribution is -2.43. The maximum absolute atomic E-state index is 11.5. The third-order valence-electron chi connectivity index (χ3n) is 1.80. The topological polar surface area (TPSA) is 99.5 Å². The molecule has 0 fully saturated rings. The number of hydrogen-bond donors (Lipinski definition) is 3. The van der Waals surface area contributed by atoms with Gasteiger partial charge in [-0.25, -0.2) is 4.79 Å². The highest BCUT2D eigenvalue weighted by Crippen LogP contribution is 2.13. The highest BCUT2D eigenvalue weighted by atomic mass is 35.5. The number of nitrogens with one attached hydrogen (secondary N) is 1. The number of carboxylic acids is 1. The van der Waals surface area contributed by atoms with E-state index in [4.69, 9.17) is 21.8 Å². The van der Waals surface area contributed by atoms with E-state index in [0.717, 1.165) is 0 Å². The summed E-state index contributed by atoms with van der Waals surface area (Å²) in [6.45, 7) is -0.695. The van der Waals surface area contributed by atoms with Crippen molar-refractivity contribution in [3.8, 4) is 0 Å². The van der Waals surface area contributed by atoms with Gasteiger partial charge in [-0.3, -0.25) is 9.78 Å². The van der Waals surface area contributed by atoms with Gasteiger partial charge < -0.3 is 15.5 Å². The van der Waals surface area contributed by atoms with Crippen LogP contribution in [0.1, 0.15) is 10.4 Å². The third kappa shape index (κ3) is 2.91. The van der Waals surface area contributed by atoms with Gasteiger partial charge in [0.05, 0.1) is 17.2 Å². The Morgan fingerprint density at radius 2 is 2.25 bits per heavy atom. The van der Waals surface area contributed by atoms with E-state index in [9.17, 15) is 9.59 Å². The molecule has 7 heteroatoms. The molecular formula is C9H9ClN2O4. The Labute approximate surface area is 95.9 Å². The van der Waals surface area contributed by atoms with Crippen molar-refractivity contribution in [2.45, 2.75) is 6.04 Å². The predicted octanol–water partition coefficient (Wildman–Crippen LogP) is -0.0897. The maximum atomic E-state index is 11.5. The van der Waals surface area contributed by atoms with Gasteiger partial charge in [-0.2, -0.15) is 0 Å². The Hall–Kier alpha value is -1.66. The minimum Gasteiger partial charge on any atom is -0.480 e. The van der Waals surface area contributed by atoms with Crippen LogP contribution in [-0.4, -0.2) is 39.7 Å². The monoisotopic (exact) mass is 244 g/mol. The van der Waals surface area contributed by atoms with Crippen LogP contribution in [0.5, 0.6) is 0 Å². The van der Waals surface area contributed by atoms with Gasteiger partial charge in [0.1, 0.15) is 0 Å². The molecule has 0 aliphatic heterocycles. The Morgan fingerprint density at radius 3 is 2.75 bits per heavy atom. The SMILES string of the molecule is O=C(N[C@@H](CO)C(=O)O)c1cnccc1Cl. The molecule has 16 heavy (non-hydrogen) atoms. The van der Waals surface area contributed by atoms with Crippen molar-refractivity contribution in [2.75, 3.05) is 6.61 Å². The average Bonchev–Trinajstić information content (AvgIpc) is 2.25. The summed E-state index contributed by atoms with van der Waals surface area (Å²) in [5.74, 6) is -2.02. The van der Waals surface area contributed by atoms with Crippen molar-refractivity contribution >= 4 is 23.5 Å². The van der Waals surface area contributed by atoms with Crippen molar-refractivity contribution in [2.24, 2.45) is 0 Å². The number of nitrogens with zero attached hydrogens (tertiary/aromatic N) is 1. The van der Waals surface area contributed by atoms with Crippen LogP contribution in [0, 0.1) is 0 Å². The summed E-state index contributed by atoms with van der Waals surface area (Å²) in [5.41, 5.74) is 0.0591. The van der Waals surface area contributed by atoms with Gasteiger partial charge in [0, 0.05) is 12.4 Å². The van der Waals surface area contributed by atoms with Gasteiger partial charge in [0.15, 0.2) is 6.04 Å². The molecule has 86 valence electrons. The lowest BCUT2D eigenvalue weighted by Gasteiger charge is -2.11. The maximum Gasteiger partial charge on any atom is 0.328 e. The van der Waals surface area contributed by atoms with Gasteiger partial charge in [-0.15, -0.1) is 0 Å². The first-order valence-corrected chi connectivity index (χ1v) is 4.68. The second-order valence-corrected chi connectivity index (χ2v) is 3.31. The number of aromatic nitrogens is 1. The van der Waals surface area contributed by atoms with Crippen molar-refractivity contribution in [3.63, 3.8) is 0 Å². The summed E-state index contributed by atoms with van der Waals surface area (Å²) in [4.78, 5) is 25.8. The first-order chi connectivity index (χ1) is 7.56. The van der Waals surface area contributed by atoms with E-state index in [1.54, 1.807) is 0 Å². The second kappa shape index (κ2) is 5.43. The van der Waals surface area contributed by atoms with Crippen LogP contribution in [0.25, 0.3) is 0 Å². The molecule has 1 aromatic heterocycles. The van der Waals surface area contributed by atoms with Crippen LogP contribution < -0.4 is 5.32 Å². The standard InChI is InChI=1S/C9H9ClN2O4/c10-6-1-2-11-3-5(6)8(14)12-7(4-13)9(15)16/h1-3,7,13H,4H2,(H,12,14)(H,15,16)/t7-/m0/s1. The van der Waals surface area contributed by atoms with E-state index in [1.165, 1.54) is 18.5 Å². The van der Waals surface area contributed by atoms with Crippen molar-refractivity contribution in [1.82, 2.24) is 10.3 Å². The largest absolute Gasteiger partial charge is 0.480 e.